The lowest BCUT2D eigenvalue weighted by Crippen LogP contribution is -2.46. The molecule has 1 heterocycles. The highest BCUT2D eigenvalue weighted by Gasteiger charge is 2.15. The van der Waals surface area contributed by atoms with Gasteiger partial charge < -0.3 is 16.0 Å². The number of carbonyl (C=O) groups excluding carboxylic acids is 1. The second-order valence-electron chi connectivity index (χ2n) is 4.37. The van der Waals surface area contributed by atoms with Crippen LogP contribution in [0.2, 0.25) is 0 Å². The van der Waals surface area contributed by atoms with E-state index in [0.29, 0.717) is 6.42 Å². The van der Waals surface area contributed by atoms with Crippen molar-refractivity contribution in [2.75, 3.05) is 31.9 Å². The maximum atomic E-state index is 11.9. The lowest BCUT2D eigenvalue weighted by Gasteiger charge is -2.27. The van der Waals surface area contributed by atoms with Gasteiger partial charge in [-0.15, -0.1) is 0 Å². The molecule has 0 aliphatic carbocycles. The minimum absolute atomic E-state index is 0.253. The average Bonchev–Trinajstić information content (AvgIpc) is 2.39. The first-order valence-electron chi connectivity index (χ1n) is 6.08. The molecule has 3 N–H and O–H groups in total. The van der Waals surface area contributed by atoms with E-state index in [1.807, 2.05) is 29.2 Å². The van der Waals surface area contributed by atoms with Crippen molar-refractivity contribution in [3.8, 4) is 0 Å². The van der Waals surface area contributed by atoms with Gasteiger partial charge in [-0.3, -0.25) is 4.79 Å². The fraction of sp³-hybridized carbons (Fsp3) is 0.462. The molecule has 17 heavy (non-hydrogen) atoms. The minimum Gasteiger partial charge on any atom is -0.399 e. The van der Waals surface area contributed by atoms with E-state index < -0.39 is 0 Å². The molecule has 0 aromatic heterocycles. The number of amides is 1. The molecule has 1 aliphatic heterocycles. The van der Waals surface area contributed by atoms with Crippen LogP contribution >= 0.6 is 0 Å². The normalized spacial score (nSPS) is 15.9. The van der Waals surface area contributed by atoms with E-state index in [1.165, 1.54) is 5.56 Å². The summed E-state index contributed by atoms with van der Waals surface area (Å²) in [4.78, 5) is 13.9. The number of hydrogen-bond acceptors (Lipinski definition) is 3. The number of nitrogens with zero attached hydrogens (tertiary/aromatic N) is 1. The van der Waals surface area contributed by atoms with Crippen molar-refractivity contribution < 1.29 is 4.79 Å². The molecule has 1 amide bonds. The van der Waals surface area contributed by atoms with Gasteiger partial charge in [0.15, 0.2) is 0 Å². The Bertz CT molecular complexity index is 369. The molecule has 1 aliphatic rings. The van der Waals surface area contributed by atoms with Gasteiger partial charge in [0.1, 0.15) is 0 Å². The zero-order chi connectivity index (χ0) is 12.1. The Labute approximate surface area is 102 Å². The number of anilines is 1. The Balaban J connectivity index is 1.81. The molecule has 92 valence electrons. The fourth-order valence-corrected chi connectivity index (χ4v) is 2.01. The predicted octanol–water partition coefficient (Wildman–Crippen LogP) is 0.633. The number of nitrogen functional groups attached to an aromatic ring is 1. The van der Waals surface area contributed by atoms with Crippen molar-refractivity contribution in [3.05, 3.63) is 29.8 Å². The zero-order valence-corrected chi connectivity index (χ0v) is 9.98. The molecule has 0 spiro atoms. The van der Waals surface area contributed by atoms with Crippen LogP contribution in [-0.2, 0) is 11.2 Å². The van der Waals surface area contributed by atoms with Gasteiger partial charge in [-0.2, -0.15) is 0 Å². The van der Waals surface area contributed by atoms with Crippen molar-refractivity contribution in [2.24, 2.45) is 0 Å². The maximum absolute atomic E-state index is 11.9. The lowest BCUT2D eigenvalue weighted by atomic mass is 10.1. The van der Waals surface area contributed by atoms with Gasteiger partial charge in [0.25, 0.3) is 0 Å². The number of rotatable bonds is 3. The van der Waals surface area contributed by atoms with Gasteiger partial charge in [0.2, 0.25) is 5.91 Å². The summed E-state index contributed by atoms with van der Waals surface area (Å²) in [5, 5.41) is 3.24. The summed E-state index contributed by atoms with van der Waals surface area (Å²) in [5.74, 6) is 0.253. The van der Waals surface area contributed by atoms with Crippen molar-refractivity contribution in [1.29, 1.82) is 0 Å². The Kier molecular flexibility index (Phi) is 3.98. The molecule has 1 aromatic carbocycles. The van der Waals surface area contributed by atoms with Gasteiger partial charge >= 0.3 is 0 Å². The standard InChI is InChI=1S/C13H19N3O/c14-12-4-1-11(2-5-12)3-6-13(17)16-9-7-15-8-10-16/h1-2,4-5,15H,3,6-10,14H2. The van der Waals surface area contributed by atoms with Crippen molar-refractivity contribution >= 4 is 11.6 Å². The fourth-order valence-electron chi connectivity index (χ4n) is 2.01. The molecule has 1 saturated heterocycles. The molecular weight excluding hydrogens is 214 g/mol. The highest BCUT2D eigenvalue weighted by Crippen LogP contribution is 2.09. The molecule has 0 radical (unpaired) electrons. The first-order chi connectivity index (χ1) is 8.25. The van der Waals surface area contributed by atoms with Crippen LogP contribution in [0.3, 0.4) is 0 Å². The van der Waals surface area contributed by atoms with Crippen LogP contribution in [0.15, 0.2) is 24.3 Å². The quantitative estimate of drug-likeness (QED) is 0.753. The highest BCUT2D eigenvalue weighted by atomic mass is 16.2. The summed E-state index contributed by atoms with van der Waals surface area (Å²) in [6.07, 6.45) is 1.38. The Morgan fingerprint density at radius 2 is 1.88 bits per heavy atom. The molecule has 1 fully saturated rings. The molecule has 0 bridgehead atoms. The first kappa shape index (κ1) is 11.9. The van der Waals surface area contributed by atoms with Gasteiger partial charge in [-0.05, 0) is 24.1 Å². The van der Waals surface area contributed by atoms with Crippen LogP contribution in [0.1, 0.15) is 12.0 Å². The monoisotopic (exact) mass is 233 g/mol. The van der Waals surface area contributed by atoms with E-state index in [4.69, 9.17) is 5.73 Å². The lowest BCUT2D eigenvalue weighted by molar-refractivity contribution is -0.131. The van der Waals surface area contributed by atoms with Gasteiger partial charge in [-0.25, -0.2) is 0 Å². The average molecular weight is 233 g/mol. The number of hydrogen-bond donors (Lipinski definition) is 2. The topological polar surface area (TPSA) is 58.4 Å². The van der Waals surface area contributed by atoms with Crippen LogP contribution in [0.4, 0.5) is 5.69 Å². The highest BCUT2D eigenvalue weighted by molar-refractivity contribution is 5.76. The SMILES string of the molecule is Nc1ccc(CCC(=O)N2CCNCC2)cc1. The molecule has 4 heteroatoms. The second-order valence-corrected chi connectivity index (χ2v) is 4.37. The summed E-state index contributed by atoms with van der Waals surface area (Å²) >= 11 is 0. The van der Waals surface area contributed by atoms with Crippen LogP contribution in [0, 0.1) is 0 Å². The number of benzene rings is 1. The third kappa shape index (κ3) is 3.46. The summed E-state index contributed by atoms with van der Waals surface area (Å²) < 4.78 is 0. The minimum atomic E-state index is 0.253. The number of carbonyl (C=O) groups is 1. The number of nitrogens with two attached hydrogens (primary N) is 1. The van der Waals surface area contributed by atoms with E-state index in [0.717, 1.165) is 38.3 Å². The van der Waals surface area contributed by atoms with E-state index in [-0.39, 0.29) is 5.91 Å². The molecule has 0 unspecified atom stereocenters. The number of nitrogens with one attached hydrogen (secondary N) is 1. The van der Waals surface area contributed by atoms with Crippen LogP contribution in [0.25, 0.3) is 0 Å². The van der Waals surface area contributed by atoms with Gasteiger partial charge in [-0.1, -0.05) is 12.1 Å². The maximum Gasteiger partial charge on any atom is 0.222 e. The third-order valence-electron chi connectivity index (χ3n) is 3.08. The molecule has 0 saturated carbocycles. The molecule has 0 atom stereocenters. The summed E-state index contributed by atoms with van der Waals surface area (Å²) in [6.45, 7) is 3.49. The Hall–Kier alpha value is -1.55. The van der Waals surface area contributed by atoms with Gasteiger partial charge in [0, 0.05) is 38.3 Å². The molecular formula is C13H19N3O. The predicted molar refractivity (Wildman–Crippen MR) is 68.6 cm³/mol. The number of aryl methyl sites for hydroxylation is 1. The van der Waals surface area contributed by atoms with Crippen LogP contribution in [0.5, 0.6) is 0 Å². The van der Waals surface area contributed by atoms with Crippen LogP contribution < -0.4 is 11.1 Å². The van der Waals surface area contributed by atoms with Crippen molar-refractivity contribution in [3.63, 3.8) is 0 Å². The molecule has 2 rings (SSSR count). The van der Waals surface area contributed by atoms with Crippen LogP contribution in [-0.4, -0.2) is 37.0 Å². The second kappa shape index (κ2) is 5.68. The Morgan fingerprint density at radius 1 is 1.24 bits per heavy atom. The smallest absolute Gasteiger partial charge is 0.222 e. The largest absolute Gasteiger partial charge is 0.399 e. The number of piperazine rings is 1. The first-order valence-corrected chi connectivity index (χ1v) is 6.08. The Morgan fingerprint density at radius 3 is 2.53 bits per heavy atom. The van der Waals surface area contributed by atoms with E-state index in [9.17, 15) is 4.79 Å². The van der Waals surface area contributed by atoms with E-state index in [2.05, 4.69) is 5.32 Å². The summed E-state index contributed by atoms with van der Waals surface area (Å²) in [7, 11) is 0. The molecule has 4 nitrogen and oxygen atoms in total. The van der Waals surface area contributed by atoms with E-state index in [1.54, 1.807) is 0 Å². The molecule has 1 aromatic rings. The van der Waals surface area contributed by atoms with Gasteiger partial charge in [0.05, 0.1) is 0 Å². The summed E-state index contributed by atoms with van der Waals surface area (Å²) in [5.41, 5.74) is 7.55. The zero-order valence-electron chi connectivity index (χ0n) is 9.98. The van der Waals surface area contributed by atoms with E-state index >= 15 is 0 Å². The van der Waals surface area contributed by atoms with Crippen molar-refractivity contribution in [2.45, 2.75) is 12.8 Å². The van der Waals surface area contributed by atoms with Crippen molar-refractivity contribution in [1.82, 2.24) is 10.2 Å². The summed E-state index contributed by atoms with van der Waals surface area (Å²) in [6, 6.07) is 7.73. The third-order valence-corrected chi connectivity index (χ3v) is 3.08.